The van der Waals surface area contributed by atoms with Gasteiger partial charge in [-0.05, 0) is 43.3 Å². The number of amides is 1. The number of pyridine rings is 1. The van der Waals surface area contributed by atoms with Crippen molar-refractivity contribution in [3.05, 3.63) is 42.6 Å². The Morgan fingerprint density at radius 2 is 1.93 bits per heavy atom. The van der Waals surface area contributed by atoms with E-state index in [-0.39, 0.29) is 17.9 Å². The molecule has 3 heterocycles. The number of hydrogen-bond acceptors (Lipinski definition) is 5. The average Bonchev–Trinajstić information content (AvgIpc) is 3.00. The van der Waals surface area contributed by atoms with Crippen molar-refractivity contribution in [2.75, 3.05) is 19.7 Å². The van der Waals surface area contributed by atoms with Crippen LogP contribution in [0.15, 0.2) is 42.6 Å². The van der Waals surface area contributed by atoms with Crippen LogP contribution in [0.5, 0.6) is 5.75 Å². The van der Waals surface area contributed by atoms with E-state index in [9.17, 15) is 18.0 Å². The van der Waals surface area contributed by atoms with Crippen LogP contribution < -0.4 is 4.74 Å². The molecule has 1 aliphatic heterocycles. The summed E-state index contributed by atoms with van der Waals surface area (Å²) in [5.74, 6) is -0.299. The maximum atomic E-state index is 12.4. The second kappa shape index (κ2) is 7.26. The second-order valence-electron chi connectivity index (χ2n) is 6.50. The van der Waals surface area contributed by atoms with E-state index in [1.807, 2.05) is 6.07 Å². The van der Waals surface area contributed by atoms with Crippen molar-refractivity contribution in [3.8, 4) is 17.0 Å². The Hall–Kier alpha value is -3.30. The molecule has 0 saturated carbocycles. The van der Waals surface area contributed by atoms with Gasteiger partial charge in [0, 0.05) is 30.2 Å². The van der Waals surface area contributed by atoms with Gasteiger partial charge in [-0.1, -0.05) is 0 Å². The Kier molecular flexibility index (Phi) is 4.77. The summed E-state index contributed by atoms with van der Waals surface area (Å²) in [5.41, 5.74) is 1.88. The zero-order valence-electron chi connectivity index (χ0n) is 15.4. The summed E-state index contributed by atoms with van der Waals surface area (Å²) in [6.45, 7) is 2.95. The first-order valence-corrected chi connectivity index (χ1v) is 8.97. The SMILES string of the molecule is CCOC(=O)N1CC(n2nc(-c3ccc(OC(F)(F)F)cc3)c3cccnc32)C1. The number of aromatic nitrogens is 3. The van der Waals surface area contributed by atoms with Gasteiger partial charge in [0.2, 0.25) is 0 Å². The minimum atomic E-state index is -4.74. The van der Waals surface area contributed by atoms with Crippen molar-refractivity contribution in [2.24, 2.45) is 0 Å². The third-order valence-corrected chi connectivity index (χ3v) is 4.56. The van der Waals surface area contributed by atoms with Crippen molar-refractivity contribution in [1.29, 1.82) is 0 Å². The molecule has 10 heteroatoms. The molecular weight excluding hydrogens is 389 g/mol. The maximum absolute atomic E-state index is 12.4. The molecule has 2 aromatic heterocycles. The number of carbonyl (C=O) groups excluding carboxylic acids is 1. The topological polar surface area (TPSA) is 69.5 Å². The van der Waals surface area contributed by atoms with Crippen LogP contribution in [0.1, 0.15) is 13.0 Å². The third kappa shape index (κ3) is 3.82. The molecular formula is C19H17F3N4O3. The van der Waals surface area contributed by atoms with Crippen LogP contribution in [-0.2, 0) is 4.74 Å². The average molecular weight is 406 g/mol. The fraction of sp³-hybridized carbons (Fsp3) is 0.316. The van der Waals surface area contributed by atoms with Crippen LogP contribution in [0, 0.1) is 0 Å². The molecule has 152 valence electrons. The first kappa shape index (κ1) is 19.0. The first-order chi connectivity index (χ1) is 13.9. The van der Waals surface area contributed by atoms with Crippen molar-refractivity contribution >= 4 is 17.1 Å². The van der Waals surface area contributed by atoms with Gasteiger partial charge in [0.1, 0.15) is 11.4 Å². The molecule has 1 aromatic carbocycles. The quantitative estimate of drug-likeness (QED) is 0.655. The summed E-state index contributed by atoms with van der Waals surface area (Å²) in [5, 5.41) is 5.41. The lowest BCUT2D eigenvalue weighted by Crippen LogP contribution is -2.51. The van der Waals surface area contributed by atoms with Crippen LogP contribution in [0.3, 0.4) is 0 Å². The molecule has 7 nitrogen and oxygen atoms in total. The molecule has 0 spiro atoms. The number of halogens is 3. The maximum Gasteiger partial charge on any atom is 0.573 e. The number of carbonyl (C=O) groups is 1. The summed E-state index contributed by atoms with van der Waals surface area (Å²) in [4.78, 5) is 17.8. The lowest BCUT2D eigenvalue weighted by atomic mass is 10.1. The Bertz CT molecular complexity index is 1030. The highest BCUT2D eigenvalue weighted by Gasteiger charge is 2.35. The van der Waals surface area contributed by atoms with Gasteiger partial charge in [0.15, 0.2) is 5.65 Å². The van der Waals surface area contributed by atoms with Gasteiger partial charge in [-0.25, -0.2) is 14.5 Å². The number of nitrogens with zero attached hydrogens (tertiary/aromatic N) is 4. The molecule has 4 rings (SSSR count). The van der Waals surface area contributed by atoms with Gasteiger partial charge in [-0.2, -0.15) is 5.10 Å². The number of benzene rings is 1. The van der Waals surface area contributed by atoms with Gasteiger partial charge >= 0.3 is 12.5 Å². The van der Waals surface area contributed by atoms with Crippen molar-refractivity contribution < 1.29 is 27.4 Å². The summed E-state index contributed by atoms with van der Waals surface area (Å²) in [7, 11) is 0. The molecule has 0 bridgehead atoms. The van der Waals surface area contributed by atoms with Crippen molar-refractivity contribution in [2.45, 2.75) is 19.3 Å². The molecule has 29 heavy (non-hydrogen) atoms. The Morgan fingerprint density at radius 1 is 1.21 bits per heavy atom. The molecule has 0 unspecified atom stereocenters. The second-order valence-corrected chi connectivity index (χ2v) is 6.50. The zero-order chi connectivity index (χ0) is 20.6. The summed E-state index contributed by atoms with van der Waals surface area (Å²) in [6.07, 6.45) is -3.46. The largest absolute Gasteiger partial charge is 0.573 e. The van der Waals surface area contributed by atoms with Gasteiger partial charge in [-0.15, -0.1) is 13.2 Å². The van der Waals surface area contributed by atoms with E-state index in [1.54, 1.807) is 28.8 Å². The van der Waals surface area contributed by atoms with E-state index in [0.29, 0.717) is 36.6 Å². The Labute approximate surface area is 163 Å². The first-order valence-electron chi connectivity index (χ1n) is 8.97. The van der Waals surface area contributed by atoms with Gasteiger partial charge in [0.25, 0.3) is 0 Å². The smallest absolute Gasteiger partial charge is 0.450 e. The van der Waals surface area contributed by atoms with E-state index in [2.05, 4.69) is 14.8 Å². The van der Waals surface area contributed by atoms with Crippen molar-refractivity contribution in [1.82, 2.24) is 19.7 Å². The zero-order valence-corrected chi connectivity index (χ0v) is 15.4. The lowest BCUT2D eigenvalue weighted by molar-refractivity contribution is -0.274. The van der Waals surface area contributed by atoms with Crippen LogP contribution in [0.2, 0.25) is 0 Å². The fourth-order valence-electron chi connectivity index (χ4n) is 3.23. The summed E-state index contributed by atoms with van der Waals surface area (Å²) in [6, 6.07) is 9.09. The van der Waals surface area contributed by atoms with Gasteiger partial charge < -0.3 is 14.4 Å². The molecule has 1 saturated heterocycles. The van der Waals surface area contributed by atoms with E-state index in [4.69, 9.17) is 4.74 Å². The number of fused-ring (bicyclic) bond motifs is 1. The van der Waals surface area contributed by atoms with Gasteiger partial charge in [0.05, 0.1) is 12.6 Å². The Morgan fingerprint density at radius 3 is 2.59 bits per heavy atom. The number of rotatable bonds is 4. The highest BCUT2D eigenvalue weighted by molar-refractivity contribution is 5.91. The molecule has 0 N–H and O–H groups in total. The number of hydrogen-bond donors (Lipinski definition) is 0. The molecule has 1 aliphatic rings. The summed E-state index contributed by atoms with van der Waals surface area (Å²) >= 11 is 0. The van der Waals surface area contributed by atoms with Crippen LogP contribution in [0.25, 0.3) is 22.3 Å². The number of ether oxygens (including phenoxy) is 2. The predicted octanol–water partition coefficient (Wildman–Crippen LogP) is 4.01. The number of likely N-dealkylation sites (tertiary alicyclic amines) is 1. The normalized spacial score (nSPS) is 14.7. The standard InChI is InChI=1S/C19H17F3N4O3/c1-2-28-18(27)25-10-13(11-25)26-17-15(4-3-9-23-17)16(24-26)12-5-7-14(8-6-12)29-19(20,21)22/h3-9,13H,2,10-11H2,1H3. The molecule has 0 radical (unpaired) electrons. The molecule has 1 fully saturated rings. The fourth-order valence-corrected chi connectivity index (χ4v) is 3.23. The molecule has 0 aliphatic carbocycles. The van der Waals surface area contributed by atoms with E-state index < -0.39 is 6.36 Å². The van der Waals surface area contributed by atoms with Gasteiger partial charge in [-0.3, -0.25) is 0 Å². The predicted molar refractivity (Wildman–Crippen MR) is 97.3 cm³/mol. The third-order valence-electron chi connectivity index (χ3n) is 4.56. The highest BCUT2D eigenvalue weighted by Crippen LogP contribution is 2.33. The lowest BCUT2D eigenvalue weighted by Gasteiger charge is -2.38. The highest BCUT2D eigenvalue weighted by atomic mass is 19.4. The minimum Gasteiger partial charge on any atom is -0.450 e. The Balaban J connectivity index is 1.61. The van der Waals surface area contributed by atoms with E-state index in [0.717, 1.165) is 5.39 Å². The minimum absolute atomic E-state index is 0.0570. The monoisotopic (exact) mass is 406 g/mol. The van der Waals surface area contributed by atoms with Crippen molar-refractivity contribution in [3.63, 3.8) is 0 Å². The molecule has 3 aromatic rings. The van der Waals surface area contributed by atoms with Crippen LogP contribution >= 0.6 is 0 Å². The molecule has 0 atom stereocenters. The van der Waals surface area contributed by atoms with E-state index in [1.165, 1.54) is 24.3 Å². The molecule has 1 amide bonds. The van der Waals surface area contributed by atoms with E-state index >= 15 is 0 Å². The van der Waals surface area contributed by atoms with Crippen LogP contribution in [-0.4, -0.2) is 51.8 Å². The van der Waals surface area contributed by atoms with Crippen LogP contribution in [0.4, 0.5) is 18.0 Å². The number of alkyl halides is 3. The summed E-state index contributed by atoms with van der Waals surface area (Å²) < 4.78 is 47.7.